The van der Waals surface area contributed by atoms with Crippen molar-refractivity contribution in [2.24, 2.45) is 0 Å². The van der Waals surface area contributed by atoms with E-state index in [0.717, 1.165) is 11.1 Å². The Bertz CT molecular complexity index is 1450. The zero-order chi connectivity index (χ0) is 22.7. The lowest BCUT2D eigenvalue weighted by Gasteiger charge is -2.11. The van der Waals surface area contributed by atoms with Crippen molar-refractivity contribution >= 4 is 20.9 Å². The molecule has 0 aromatic heterocycles. The molecule has 0 fully saturated rings. The van der Waals surface area contributed by atoms with Crippen molar-refractivity contribution in [1.82, 2.24) is 0 Å². The summed E-state index contributed by atoms with van der Waals surface area (Å²) < 4.78 is 31.5. The highest BCUT2D eigenvalue weighted by Crippen LogP contribution is 2.37. The molecule has 0 bridgehead atoms. The van der Waals surface area contributed by atoms with Crippen LogP contribution in [0.15, 0.2) is 83.8 Å². The number of hydrogen-bond donors (Lipinski definition) is 3. The standard InChI is InChI=1S/C26H20O5S/c27-25-17-21-12-9-19(8-4-7-18-5-2-1-3-6-18)15-23(21)26(28)24(25)16-20-10-13-22(14-11-20)32(29,30)31/h1-3,5-6,9-15,17,27-28H,7,16H2,(H,29,30,31). The lowest BCUT2D eigenvalue weighted by molar-refractivity contribution is 0.445. The molecule has 160 valence electrons. The number of phenolic OH excluding ortho intramolecular Hbond substituents is 2. The lowest BCUT2D eigenvalue weighted by atomic mass is 9.97. The highest BCUT2D eigenvalue weighted by molar-refractivity contribution is 7.85. The third kappa shape index (κ3) is 4.75. The van der Waals surface area contributed by atoms with Crippen molar-refractivity contribution in [3.8, 4) is 23.3 Å². The molecule has 5 nitrogen and oxygen atoms in total. The maximum absolute atomic E-state index is 11.2. The average molecular weight is 445 g/mol. The van der Waals surface area contributed by atoms with Gasteiger partial charge in [-0.3, -0.25) is 4.55 Å². The van der Waals surface area contributed by atoms with Crippen molar-refractivity contribution in [3.05, 3.63) is 101 Å². The van der Waals surface area contributed by atoms with E-state index in [0.29, 0.717) is 28.3 Å². The van der Waals surface area contributed by atoms with Gasteiger partial charge in [-0.15, -0.1) is 0 Å². The maximum Gasteiger partial charge on any atom is 0.294 e. The maximum atomic E-state index is 11.2. The van der Waals surface area contributed by atoms with Gasteiger partial charge in [0, 0.05) is 29.4 Å². The number of benzene rings is 4. The fourth-order valence-corrected chi connectivity index (χ4v) is 3.97. The van der Waals surface area contributed by atoms with Gasteiger partial charge in [0.1, 0.15) is 11.5 Å². The van der Waals surface area contributed by atoms with E-state index in [-0.39, 0.29) is 22.8 Å². The zero-order valence-electron chi connectivity index (χ0n) is 17.0. The molecule has 0 saturated carbocycles. The summed E-state index contributed by atoms with van der Waals surface area (Å²) in [4.78, 5) is -0.216. The normalized spacial score (nSPS) is 11.2. The first-order valence-corrected chi connectivity index (χ1v) is 11.3. The second-order valence-corrected chi connectivity index (χ2v) is 8.84. The van der Waals surface area contributed by atoms with Crippen molar-refractivity contribution in [1.29, 1.82) is 0 Å². The molecule has 4 aromatic rings. The van der Waals surface area contributed by atoms with Crippen LogP contribution in [0.5, 0.6) is 11.5 Å². The van der Waals surface area contributed by atoms with Crippen molar-refractivity contribution < 1.29 is 23.2 Å². The third-order valence-electron chi connectivity index (χ3n) is 5.17. The molecule has 0 spiro atoms. The number of rotatable bonds is 4. The SMILES string of the molecule is O=S(=O)(O)c1ccc(Cc2c(O)cc3ccc(C#CCc4ccccc4)cc3c2O)cc1. The van der Waals surface area contributed by atoms with Crippen LogP contribution in [0.2, 0.25) is 0 Å². The predicted octanol–water partition coefficient (Wildman–Crippen LogP) is 4.68. The zero-order valence-corrected chi connectivity index (χ0v) is 17.8. The highest BCUT2D eigenvalue weighted by atomic mass is 32.2. The molecule has 0 aliphatic heterocycles. The fraction of sp³-hybridized carbons (Fsp3) is 0.0769. The first-order chi connectivity index (χ1) is 15.3. The molecule has 0 radical (unpaired) electrons. The first kappa shape index (κ1) is 21.4. The van der Waals surface area contributed by atoms with Gasteiger partial charge in [0.15, 0.2) is 0 Å². The van der Waals surface area contributed by atoms with Crippen molar-refractivity contribution in [3.63, 3.8) is 0 Å². The number of aromatic hydroxyl groups is 2. The van der Waals surface area contributed by atoms with Crippen LogP contribution in [0.3, 0.4) is 0 Å². The molecule has 3 N–H and O–H groups in total. The molecule has 0 aliphatic carbocycles. The Hall–Kier alpha value is -3.79. The third-order valence-corrected chi connectivity index (χ3v) is 6.03. The molecule has 0 atom stereocenters. The second kappa shape index (κ2) is 8.75. The van der Waals surface area contributed by atoms with Crippen LogP contribution < -0.4 is 0 Å². The summed E-state index contributed by atoms with van der Waals surface area (Å²) in [6.07, 6.45) is 0.800. The molecule has 0 aliphatic rings. The van der Waals surface area contributed by atoms with Crippen LogP contribution in [-0.4, -0.2) is 23.2 Å². The van der Waals surface area contributed by atoms with E-state index in [1.54, 1.807) is 18.2 Å². The first-order valence-electron chi connectivity index (χ1n) is 9.88. The smallest absolute Gasteiger partial charge is 0.294 e. The fourth-order valence-electron chi connectivity index (χ4n) is 3.49. The quantitative estimate of drug-likeness (QED) is 0.314. The Morgan fingerprint density at radius 3 is 2.22 bits per heavy atom. The minimum atomic E-state index is -4.28. The van der Waals surface area contributed by atoms with Gasteiger partial charge in [0.05, 0.1) is 4.90 Å². The number of hydrogen-bond acceptors (Lipinski definition) is 4. The van der Waals surface area contributed by atoms with Crippen LogP contribution in [0.25, 0.3) is 10.8 Å². The van der Waals surface area contributed by atoms with E-state index < -0.39 is 10.1 Å². The van der Waals surface area contributed by atoms with E-state index in [2.05, 4.69) is 11.8 Å². The molecular formula is C26H20O5S. The average Bonchev–Trinajstić information content (AvgIpc) is 2.77. The minimum Gasteiger partial charge on any atom is -0.507 e. The Balaban J connectivity index is 1.64. The molecule has 0 amide bonds. The largest absolute Gasteiger partial charge is 0.507 e. The van der Waals surface area contributed by atoms with Gasteiger partial charge >= 0.3 is 0 Å². The van der Waals surface area contributed by atoms with E-state index in [1.807, 2.05) is 36.4 Å². The van der Waals surface area contributed by atoms with Crippen LogP contribution in [-0.2, 0) is 23.0 Å². The van der Waals surface area contributed by atoms with E-state index in [1.165, 1.54) is 24.3 Å². The number of phenols is 2. The van der Waals surface area contributed by atoms with Gasteiger partial charge in [-0.05, 0) is 46.8 Å². The van der Waals surface area contributed by atoms with Crippen molar-refractivity contribution in [2.75, 3.05) is 0 Å². The minimum absolute atomic E-state index is 0.0504. The van der Waals surface area contributed by atoms with Gasteiger partial charge in [-0.1, -0.05) is 60.4 Å². The molecule has 0 unspecified atom stereocenters. The Morgan fingerprint density at radius 1 is 0.812 bits per heavy atom. The Labute approximate surface area is 186 Å². The molecule has 4 aromatic carbocycles. The predicted molar refractivity (Wildman–Crippen MR) is 123 cm³/mol. The topological polar surface area (TPSA) is 94.8 Å². The summed E-state index contributed by atoms with van der Waals surface area (Å²) in [6, 6.07) is 22.5. The summed E-state index contributed by atoms with van der Waals surface area (Å²) in [5.74, 6) is 6.14. The second-order valence-electron chi connectivity index (χ2n) is 7.42. The molecule has 0 saturated heterocycles. The van der Waals surface area contributed by atoms with Crippen molar-refractivity contribution in [2.45, 2.75) is 17.7 Å². The van der Waals surface area contributed by atoms with Gasteiger partial charge in [-0.25, -0.2) is 0 Å². The Morgan fingerprint density at radius 2 is 1.53 bits per heavy atom. The van der Waals surface area contributed by atoms with E-state index in [9.17, 15) is 18.6 Å². The molecule has 4 rings (SSSR count). The van der Waals surface area contributed by atoms with Gasteiger partial charge in [0.2, 0.25) is 0 Å². The Kier molecular flexibility index (Phi) is 5.87. The summed E-state index contributed by atoms with van der Waals surface area (Å²) in [5.41, 5.74) is 2.86. The van der Waals surface area contributed by atoms with Crippen LogP contribution in [0, 0.1) is 11.8 Å². The van der Waals surface area contributed by atoms with E-state index in [4.69, 9.17) is 4.55 Å². The van der Waals surface area contributed by atoms with Gasteiger partial charge in [-0.2, -0.15) is 8.42 Å². The molecule has 0 heterocycles. The summed E-state index contributed by atoms with van der Waals surface area (Å²) in [7, 11) is -4.28. The van der Waals surface area contributed by atoms with Gasteiger partial charge < -0.3 is 10.2 Å². The van der Waals surface area contributed by atoms with Gasteiger partial charge in [0.25, 0.3) is 10.1 Å². The monoisotopic (exact) mass is 444 g/mol. The van der Waals surface area contributed by atoms with Crippen LogP contribution in [0.1, 0.15) is 22.3 Å². The molecule has 32 heavy (non-hydrogen) atoms. The summed E-state index contributed by atoms with van der Waals surface area (Å²) >= 11 is 0. The molecular weight excluding hydrogens is 424 g/mol. The summed E-state index contributed by atoms with van der Waals surface area (Å²) in [5, 5.41) is 22.6. The highest BCUT2D eigenvalue weighted by Gasteiger charge is 2.15. The van der Waals surface area contributed by atoms with E-state index >= 15 is 0 Å². The molecule has 6 heteroatoms. The number of fused-ring (bicyclic) bond motifs is 1. The summed E-state index contributed by atoms with van der Waals surface area (Å²) in [6.45, 7) is 0. The lowest BCUT2D eigenvalue weighted by Crippen LogP contribution is -1.98. The van der Waals surface area contributed by atoms with Crippen LogP contribution in [0.4, 0.5) is 0 Å². The van der Waals surface area contributed by atoms with Crippen LogP contribution >= 0.6 is 0 Å².